The van der Waals surface area contributed by atoms with Crippen molar-refractivity contribution in [2.45, 2.75) is 12.5 Å². The highest BCUT2D eigenvalue weighted by Gasteiger charge is 2.21. The van der Waals surface area contributed by atoms with E-state index in [2.05, 4.69) is 22.3 Å². The minimum Gasteiger partial charge on any atom is -0.493 e. The Hall–Kier alpha value is -1.30. The van der Waals surface area contributed by atoms with Gasteiger partial charge in [-0.1, -0.05) is 6.07 Å². The van der Waals surface area contributed by atoms with Gasteiger partial charge in [0.15, 0.2) is 11.5 Å². The Morgan fingerprint density at radius 2 is 2.05 bits per heavy atom. The van der Waals surface area contributed by atoms with Gasteiger partial charge >= 0.3 is 0 Å². The number of methoxy groups -OCH3 is 1. The molecule has 3 rings (SSSR count). The third kappa shape index (κ3) is 3.87. The van der Waals surface area contributed by atoms with Gasteiger partial charge in [-0.25, -0.2) is 0 Å². The van der Waals surface area contributed by atoms with E-state index >= 15 is 0 Å². The summed E-state index contributed by atoms with van der Waals surface area (Å²) in [6.45, 7) is 6.92. The molecule has 0 aromatic heterocycles. The summed E-state index contributed by atoms with van der Waals surface area (Å²) in [6.07, 6.45) is 1.22. The third-order valence-electron chi connectivity index (χ3n) is 4.06. The fourth-order valence-electron chi connectivity index (χ4n) is 2.65. The number of benzene rings is 1. The van der Waals surface area contributed by atoms with E-state index in [-0.39, 0.29) is 6.10 Å². The molecule has 2 fully saturated rings. The van der Waals surface area contributed by atoms with Gasteiger partial charge in [0.2, 0.25) is 0 Å². The van der Waals surface area contributed by atoms with E-state index < -0.39 is 0 Å². The van der Waals surface area contributed by atoms with Crippen LogP contribution in [0.3, 0.4) is 0 Å². The normalized spacial score (nSPS) is 20.0. The van der Waals surface area contributed by atoms with Crippen molar-refractivity contribution in [3.05, 3.63) is 23.8 Å². The van der Waals surface area contributed by atoms with Gasteiger partial charge in [-0.3, -0.25) is 0 Å². The molecule has 0 bridgehead atoms. The molecule has 2 aliphatic heterocycles. The van der Waals surface area contributed by atoms with Crippen LogP contribution in [0.2, 0.25) is 0 Å². The Balaban J connectivity index is 1.57. The lowest BCUT2D eigenvalue weighted by molar-refractivity contribution is -0.0803. The van der Waals surface area contributed by atoms with Gasteiger partial charge in [0.05, 0.1) is 20.3 Å². The zero-order valence-corrected chi connectivity index (χ0v) is 12.6. The van der Waals surface area contributed by atoms with Gasteiger partial charge in [0.1, 0.15) is 6.10 Å². The van der Waals surface area contributed by atoms with E-state index in [0.29, 0.717) is 13.2 Å². The van der Waals surface area contributed by atoms with Gasteiger partial charge in [0.25, 0.3) is 0 Å². The number of hydrogen-bond acceptors (Lipinski definition) is 5. The van der Waals surface area contributed by atoms with Crippen molar-refractivity contribution < 1.29 is 14.2 Å². The molecule has 5 nitrogen and oxygen atoms in total. The van der Waals surface area contributed by atoms with Gasteiger partial charge in [-0.2, -0.15) is 0 Å². The first-order valence-electron chi connectivity index (χ1n) is 7.69. The summed E-state index contributed by atoms with van der Waals surface area (Å²) in [4.78, 5) is 2.50. The van der Waals surface area contributed by atoms with Gasteiger partial charge < -0.3 is 24.4 Å². The number of hydrogen-bond donors (Lipinski definition) is 1. The van der Waals surface area contributed by atoms with Crippen molar-refractivity contribution in [1.82, 2.24) is 10.2 Å². The summed E-state index contributed by atoms with van der Waals surface area (Å²) in [6, 6.07) is 6.25. The highest BCUT2D eigenvalue weighted by molar-refractivity contribution is 5.43. The Morgan fingerprint density at radius 1 is 1.24 bits per heavy atom. The zero-order valence-electron chi connectivity index (χ0n) is 12.6. The quantitative estimate of drug-likeness (QED) is 0.844. The molecule has 0 atom stereocenters. The molecule has 0 radical (unpaired) electrons. The standard InChI is InChI=1S/C16H24N2O3/c1-19-16-10-13(4-7-18-8-5-17-6-9-18)2-3-15(16)21-14-11-20-12-14/h2-3,10,14,17H,4-9,11-12H2,1H3. The summed E-state index contributed by atoms with van der Waals surface area (Å²) in [5, 5.41) is 3.38. The average molecular weight is 292 g/mol. The second-order valence-electron chi connectivity index (χ2n) is 5.60. The lowest BCUT2D eigenvalue weighted by atomic mass is 10.1. The van der Waals surface area contributed by atoms with Gasteiger partial charge in [-0.05, 0) is 24.1 Å². The van der Waals surface area contributed by atoms with Crippen LogP contribution < -0.4 is 14.8 Å². The highest BCUT2D eigenvalue weighted by atomic mass is 16.6. The Labute approximate surface area is 126 Å². The average Bonchev–Trinajstić information content (AvgIpc) is 2.50. The zero-order chi connectivity index (χ0) is 14.5. The summed E-state index contributed by atoms with van der Waals surface area (Å²) in [7, 11) is 1.69. The molecule has 1 aromatic rings. The van der Waals surface area contributed by atoms with Crippen LogP contribution >= 0.6 is 0 Å². The van der Waals surface area contributed by atoms with Crippen LogP contribution in [-0.4, -0.2) is 64.1 Å². The summed E-state index contributed by atoms with van der Waals surface area (Å²) in [5.41, 5.74) is 1.29. The van der Waals surface area contributed by atoms with E-state index in [4.69, 9.17) is 14.2 Å². The van der Waals surface area contributed by atoms with E-state index in [1.807, 2.05) is 6.07 Å². The molecule has 2 saturated heterocycles. The van der Waals surface area contributed by atoms with E-state index in [0.717, 1.165) is 50.6 Å². The van der Waals surface area contributed by atoms with Crippen LogP contribution in [0.1, 0.15) is 5.56 Å². The van der Waals surface area contributed by atoms with Crippen molar-refractivity contribution in [2.75, 3.05) is 53.0 Å². The number of nitrogens with one attached hydrogen (secondary N) is 1. The van der Waals surface area contributed by atoms with Crippen LogP contribution in [0.5, 0.6) is 11.5 Å². The van der Waals surface area contributed by atoms with Crippen LogP contribution in [-0.2, 0) is 11.2 Å². The predicted octanol–water partition coefficient (Wildman–Crippen LogP) is 0.920. The van der Waals surface area contributed by atoms with Gasteiger partial charge in [0, 0.05) is 32.7 Å². The lowest BCUT2D eigenvalue weighted by Crippen LogP contribution is -2.44. The van der Waals surface area contributed by atoms with Crippen LogP contribution in [0.25, 0.3) is 0 Å². The first-order valence-corrected chi connectivity index (χ1v) is 7.69. The smallest absolute Gasteiger partial charge is 0.161 e. The molecule has 5 heteroatoms. The molecule has 0 unspecified atom stereocenters. The maximum atomic E-state index is 5.85. The number of rotatable bonds is 6. The maximum Gasteiger partial charge on any atom is 0.161 e. The molecule has 2 heterocycles. The maximum absolute atomic E-state index is 5.85. The molecule has 0 spiro atoms. The molecule has 0 aliphatic carbocycles. The Kier molecular flexibility index (Phi) is 4.95. The second kappa shape index (κ2) is 7.11. The Morgan fingerprint density at radius 3 is 2.71 bits per heavy atom. The number of ether oxygens (including phenoxy) is 3. The summed E-state index contributed by atoms with van der Waals surface area (Å²) in [5.74, 6) is 1.64. The van der Waals surface area contributed by atoms with Crippen molar-refractivity contribution in [2.24, 2.45) is 0 Å². The molecule has 116 valence electrons. The van der Waals surface area contributed by atoms with E-state index in [1.165, 1.54) is 5.56 Å². The van der Waals surface area contributed by atoms with E-state index in [9.17, 15) is 0 Å². The Bertz CT molecular complexity index is 457. The number of nitrogens with zero attached hydrogens (tertiary/aromatic N) is 1. The fraction of sp³-hybridized carbons (Fsp3) is 0.625. The molecular weight excluding hydrogens is 268 g/mol. The molecule has 2 aliphatic rings. The van der Waals surface area contributed by atoms with Crippen LogP contribution in [0, 0.1) is 0 Å². The van der Waals surface area contributed by atoms with Crippen molar-refractivity contribution in [3.63, 3.8) is 0 Å². The van der Waals surface area contributed by atoms with E-state index in [1.54, 1.807) is 7.11 Å². The van der Waals surface area contributed by atoms with Crippen molar-refractivity contribution in [1.29, 1.82) is 0 Å². The van der Waals surface area contributed by atoms with Crippen molar-refractivity contribution >= 4 is 0 Å². The second-order valence-corrected chi connectivity index (χ2v) is 5.60. The topological polar surface area (TPSA) is 43.0 Å². The molecule has 1 N–H and O–H groups in total. The first-order chi connectivity index (χ1) is 10.3. The molecule has 0 amide bonds. The lowest BCUT2D eigenvalue weighted by Gasteiger charge is -2.28. The fourth-order valence-corrected chi connectivity index (χ4v) is 2.65. The van der Waals surface area contributed by atoms with Crippen LogP contribution in [0.15, 0.2) is 18.2 Å². The number of piperazine rings is 1. The predicted molar refractivity (Wildman–Crippen MR) is 81.2 cm³/mol. The molecule has 1 aromatic carbocycles. The highest BCUT2D eigenvalue weighted by Crippen LogP contribution is 2.30. The molecule has 0 saturated carbocycles. The minimum atomic E-state index is 0.172. The molecule has 21 heavy (non-hydrogen) atoms. The summed E-state index contributed by atoms with van der Waals surface area (Å²) >= 11 is 0. The van der Waals surface area contributed by atoms with Gasteiger partial charge in [-0.15, -0.1) is 0 Å². The first kappa shape index (κ1) is 14.6. The SMILES string of the molecule is COc1cc(CCN2CCNCC2)ccc1OC1COC1. The minimum absolute atomic E-state index is 0.172. The third-order valence-corrected chi connectivity index (χ3v) is 4.06. The van der Waals surface area contributed by atoms with Crippen molar-refractivity contribution in [3.8, 4) is 11.5 Å². The van der Waals surface area contributed by atoms with Crippen LogP contribution in [0.4, 0.5) is 0 Å². The largest absolute Gasteiger partial charge is 0.493 e. The monoisotopic (exact) mass is 292 g/mol. The molecular formula is C16H24N2O3. The summed E-state index contributed by atoms with van der Waals surface area (Å²) < 4.78 is 16.4.